The Morgan fingerprint density at radius 1 is 0.882 bits per heavy atom. The van der Waals surface area contributed by atoms with Crippen LogP contribution in [0.25, 0.3) is 0 Å². The Morgan fingerprint density at radius 3 is 1.88 bits per heavy atom. The summed E-state index contributed by atoms with van der Waals surface area (Å²) >= 11 is 3.46. The zero-order valence-corrected chi connectivity index (χ0v) is 12.0. The minimum absolute atomic E-state index is 0.392. The normalized spacial score (nSPS) is 11.5. The summed E-state index contributed by atoms with van der Waals surface area (Å²) in [5.41, 5.74) is 1.80. The first kappa shape index (κ1) is 14.6. The summed E-state index contributed by atoms with van der Waals surface area (Å²) in [6, 6.07) is 5.77. The summed E-state index contributed by atoms with van der Waals surface area (Å²) in [6.07, 6.45) is -0.810. The zero-order valence-electron chi connectivity index (χ0n) is 10.4. The van der Waals surface area contributed by atoms with Crippen molar-refractivity contribution in [2.45, 2.75) is 12.6 Å². The lowest BCUT2D eigenvalue weighted by molar-refractivity contribution is -0.110. The van der Waals surface area contributed by atoms with Gasteiger partial charge in [-0.3, -0.25) is 0 Å². The molecule has 4 nitrogen and oxygen atoms in total. The van der Waals surface area contributed by atoms with E-state index in [4.69, 9.17) is 18.9 Å². The molecule has 0 fully saturated rings. The van der Waals surface area contributed by atoms with Crippen LogP contribution in [0, 0.1) is 0 Å². The van der Waals surface area contributed by atoms with Crippen molar-refractivity contribution in [3.05, 3.63) is 33.8 Å². The van der Waals surface area contributed by atoms with Gasteiger partial charge in [0.25, 0.3) is 0 Å². The van der Waals surface area contributed by atoms with Gasteiger partial charge >= 0.3 is 0 Å². The molecule has 0 saturated heterocycles. The van der Waals surface area contributed by atoms with Crippen LogP contribution in [0.1, 0.15) is 23.7 Å². The van der Waals surface area contributed by atoms with Gasteiger partial charge in [0.15, 0.2) is 12.6 Å². The van der Waals surface area contributed by atoms with E-state index >= 15 is 0 Å². The van der Waals surface area contributed by atoms with Gasteiger partial charge in [-0.25, -0.2) is 0 Å². The molecule has 0 saturated carbocycles. The molecule has 0 bridgehead atoms. The number of hydrogen-bond donors (Lipinski definition) is 0. The van der Waals surface area contributed by atoms with Crippen molar-refractivity contribution in [2.24, 2.45) is 0 Å². The molecular weight excluding hydrogens is 288 g/mol. The molecule has 0 unspecified atom stereocenters. The molecule has 0 heterocycles. The molecule has 0 aromatic heterocycles. The molecule has 1 aromatic carbocycles. The fraction of sp³-hybridized carbons (Fsp3) is 0.500. The van der Waals surface area contributed by atoms with Crippen LogP contribution in [0.2, 0.25) is 0 Å². The van der Waals surface area contributed by atoms with Gasteiger partial charge < -0.3 is 18.9 Å². The van der Waals surface area contributed by atoms with Gasteiger partial charge in [0.05, 0.1) is 0 Å². The van der Waals surface area contributed by atoms with Crippen molar-refractivity contribution in [2.75, 3.05) is 28.4 Å². The second kappa shape index (κ2) is 7.08. The second-order valence-corrected chi connectivity index (χ2v) is 4.24. The lowest BCUT2D eigenvalue weighted by Crippen LogP contribution is -2.08. The van der Waals surface area contributed by atoms with E-state index in [-0.39, 0.29) is 0 Å². The molecule has 17 heavy (non-hydrogen) atoms. The summed E-state index contributed by atoms with van der Waals surface area (Å²) in [4.78, 5) is 0. The number of methoxy groups -OCH3 is 4. The van der Waals surface area contributed by atoms with Gasteiger partial charge in [0.1, 0.15) is 0 Å². The Hall–Kier alpha value is -0.460. The Labute approximate surface area is 110 Å². The Kier molecular flexibility index (Phi) is 6.08. The molecule has 5 heteroatoms. The van der Waals surface area contributed by atoms with Gasteiger partial charge in [-0.05, 0) is 12.1 Å². The maximum Gasteiger partial charge on any atom is 0.184 e. The van der Waals surface area contributed by atoms with E-state index in [9.17, 15) is 0 Å². The molecule has 0 aliphatic rings. The fourth-order valence-electron chi connectivity index (χ4n) is 1.61. The van der Waals surface area contributed by atoms with Gasteiger partial charge in [-0.15, -0.1) is 0 Å². The molecule has 96 valence electrons. The molecule has 0 atom stereocenters. The van der Waals surface area contributed by atoms with Crippen LogP contribution >= 0.6 is 15.9 Å². The lowest BCUT2D eigenvalue weighted by Gasteiger charge is -2.19. The van der Waals surface area contributed by atoms with E-state index in [0.717, 1.165) is 15.6 Å². The van der Waals surface area contributed by atoms with Crippen LogP contribution in [-0.2, 0) is 18.9 Å². The van der Waals surface area contributed by atoms with Gasteiger partial charge in [-0.2, -0.15) is 0 Å². The maximum atomic E-state index is 5.23. The third kappa shape index (κ3) is 3.50. The summed E-state index contributed by atoms with van der Waals surface area (Å²) in [5.74, 6) is 0. The van der Waals surface area contributed by atoms with E-state index in [1.54, 1.807) is 28.4 Å². The lowest BCUT2D eigenvalue weighted by atomic mass is 10.1. The SMILES string of the molecule is COC(OC)c1ccc(Br)c(C(OC)OC)c1. The summed E-state index contributed by atoms with van der Waals surface area (Å²) in [6.45, 7) is 0. The molecule has 0 N–H and O–H groups in total. The molecule has 0 amide bonds. The van der Waals surface area contributed by atoms with E-state index < -0.39 is 12.6 Å². The zero-order chi connectivity index (χ0) is 12.8. The molecule has 0 aliphatic heterocycles. The fourth-order valence-corrected chi connectivity index (χ4v) is 2.04. The minimum atomic E-state index is -0.418. The van der Waals surface area contributed by atoms with Crippen LogP contribution in [-0.4, -0.2) is 28.4 Å². The van der Waals surface area contributed by atoms with Gasteiger partial charge in [-0.1, -0.05) is 22.0 Å². The highest BCUT2D eigenvalue weighted by atomic mass is 79.9. The molecule has 0 spiro atoms. The molecule has 0 aliphatic carbocycles. The van der Waals surface area contributed by atoms with Crippen molar-refractivity contribution in [3.8, 4) is 0 Å². The van der Waals surface area contributed by atoms with Crippen molar-refractivity contribution < 1.29 is 18.9 Å². The van der Waals surface area contributed by atoms with Crippen LogP contribution in [0.5, 0.6) is 0 Å². The van der Waals surface area contributed by atoms with E-state index in [1.807, 2.05) is 18.2 Å². The highest BCUT2D eigenvalue weighted by Gasteiger charge is 2.16. The highest BCUT2D eigenvalue weighted by Crippen LogP contribution is 2.30. The van der Waals surface area contributed by atoms with Crippen molar-refractivity contribution in [3.63, 3.8) is 0 Å². The Balaban J connectivity index is 3.09. The number of hydrogen-bond acceptors (Lipinski definition) is 4. The average molecular weight is 305 g/mol. The summed E-state index contributed by atoms with van der Waals surface area (Å²) < 4.78 is 21.8. The predicted molar refractivity (Wildman–Crippen MR) is 67.7 cm³/mol. The largest absolute Gasteiger partial charge is 0.352 e. The molecule has 1 rings (SSSR count). The summed E-state index contributed by atoms with van der Waals surface area (Å²) in [5, 5.41) is 0. The number of benzene rings is 1. The third-order valence-corrected chi connectivity index (χ3v) is 3.12. The first-order valence-corrected chi connectivity index (χ1v) is 5.87. The van der Waals surface area contributed by atoms with E-state index in [1.165, 1.54) is 0 Å². The van der Waals surface area contributed by atoms with Crippen molar-refractivity contribution >= 4 is 15.9 Å². The van der Waals surface area contributed by atoms with Gasteiger partial charge in [0.2, 0.25) is 0 Å². The van der Waals surface area contributed by atoms with Gasteiger partial charge in [0, 0.05) is 44.0 Å². The Morgan fingerprint density at radius 2 is 1.41 bits per heavy atom. The second-order valence-electron chi connectivity index (χ2n) is 3.39. The topological polar surface area (TPSA) is 36.9 Å². The van der Waals surface area contributed by atoms with E-state index in [0.29, 0.717) is 0 Å². The van der Waals surface area contributed by atoms with Crippen LogP contribution in [0.4, 0.5) is 0 Å². The smallest absolute Gasteiger partial charge is 0.184 e. The quantitative estimate of drug-likeness (QED) is 0.757. The monoisotopic (exact) mass is 304 g/mol. The summed E-state index contributed by atoms with van der Waals surface area (Å²) in [7, 11) is 6.38. The standard InChI is InChI=1S/C12H17BrO4/c1-14-11(15-2)8-5-6-10(13)9(7-8)12(16-3)17-4/h5-7,11-12H,1-4H3. The van der Waals surface area contributed by atoms with E-state index in [2.05, 4.69) is 15.9 Å². The third-order valence-electron chi connectivity index (χ3n) is 2.40. The van der Waals surface area contributed by atoms with Crippen LogP contribution < -0.4 is 0 Å². The van der Waals surface area contributed by atoms with Crippen LogP contribution in [0.3, 0.4) is 0 Å². The van der Waals surface area contributed by atoms with Crippen LogP contribution in [0.15, 0.2) is 22.7 Å². The van der Waals surface area contributed by atoms with Crippen molar-refractivity contribution in [1.29, 1.82) is 0 Å². The highest BCUT2D eigenvalue weighted by molar-refractivity contribution is 9.10. The minimum Gasteiger partial charge on any atom is -0.352 e. The number of rotatable bonds is 6. The Bertz CT molecular complexity index is 348. The first-order valence-electron chi connectivity index (χ1n) is 5.08. The molecular formula is C12H17BrO4. The first-order chi connectivity index (χ1) is 8.17. The molecule has 0 radical (unpaired) electrons. The molecule has 1 aromatic rings. The number of ether oxygens (including phenoxy) is 4. The average Bonchev–Trinajstić information content (AvgIpc) is 2.35. The van der Waals surface area contributed by atoms with Crippen molar-refractivity contribution in [1.82, 2.24) is 0 Å². The maximum absolute atomic E-state index is 5.23. The number of halogens is 1. The predicted octanol–water partition coefficient (Wildman–Crippen LogP) is 3.03.